The van der Waals surface area contributed by atoms with E-state index >= 15 is 0 Å². The van der Waals surface area contributed by atoms with Crippen molar-refractivity contribution in [2.24, 2.45) is 0 Å². The van der Waals surface area contributed by atoms with Gasteiger partial charge in [-0.1, -0.05) is 12.8 Å². The van der Waals surface area contributed by atoms with Crippen LogP contribution in [0.5, 0.6) is 0 Å². The van der Waals surface area contributed by atoms with E-state index in [0.29, 0.717) is 19.3 Å². The molecule has 2 N–H and O–H groups in total. The highest BCUT2D eigenvalue weighted by atomic mass is 32.2. The molecule has 8 heteroatoms. The summed E-state index contributed by atoms with van der Waals surface area (Å²) in [5, 5.41) is 5.62. The molecular weight excluding hydrogens is 357 g/mol. The largest absolute Gasteiger partial charge is 0.348 e. The maximum Gasteiger partial charge on any atom is 0.325 e. The van der Waals surface area contributed by atoms with E-state index in [-0.39, 0.29) is 24.3 Å². The van der Waals surface area contributed by atoms with Gasteiger partial charge in [0.05, 0.1) is 6.04 Å². The Morgan fingerprint density at radius 2 is 2.12 bits per heavy atom. The minimum atomic E-state index is -0.811. The molecule has 1 atom stereocenters. The highest BCUT2D eigenvalue weighted by Crippen LogP contribution is 2.37. The van der Waals surface area contributed by atoms with Crippen molar-refractivity contribution in [3.63, 3.8) is 0 Å². The fraction of sp³-hybridized carbons (Fsp3) is 0.500. The second-order valence-electron chi connectivity index (χ2n) is 7.05. The van der Waals surface area contributed by atoms with Gasteiger partial charge in [0.25, 0.3) is 5.91 Å². The molecule has 1 aliphatic carbocycles. The van der Waals surface area contributed by atoms with E-state index in [4.69, 9.17) is 0 Å². The molecule has 3 aliphatic rings. The summed E-state index contributed by atoms with van der Waals surface area (Å²) >= 11 is 1.63. The molecule has 0 radical (unpaired) electrons. The number of carbonyl (C=O) groups excluding carboxylic acids is 3. The van der Waals surface area contributed by atoms with Crippen LogP contribution in [0.15, 0.2) is 23.1 Å². The fourth-order valence-electron chi connectivity index (χ4n) is 4.04. The van der Waals surface area contributed by atoms with Crippen LogP contribution in [0, 0.1) is 5.82 Å². The molecule has 1 aromatic rings. The third kappa shape index (κ3) is 2.96. The van der Waals surface area contributed by atoms with Crippen LogP contribution in [0.4, 0.5) is 9.18 Å². The molecule has 4 rings (SSSR count). The van der Waals surface area contributed by atoms with Crippen LogP contribution in [-0.4, -0.2) is 40.6 Å². The average Bonchev–Trinajstić information content (AvgIpc) is 3.17. The molecule has 6 nitrogen and oxygen atoms in total. The lowest BCUT2D eigenvalue weighted by Crippen LogP contribution is -2.45. The van der Waals surface area contributed by atoms with Crippen LogP contribution in [0.25, 0.3) is 0 Å². The normalized spacial score (nSPS) is 23.9. The van der Waals surface area contributed by atoms with Crippen molar-refractivity contribution in [1.82, 2.24) is 15.5 Å². The van der Waals surface area contributed by atoms with Gasteiger partial charge in [-0.2, -0.15) is 0 Å². The average molecular weight is 377 g/mol. The van der Waals surface area contributed by atoms with Gasteiger partial charge in [-0.05, 0) is 43.0 Å². The summed E-state index contributed by atoms with van der Waals surface area (Å²) in [6, 6.07) is 3.75. The van der Waals surface area contributed by atoms with Gasteiger partial charge >= 0.3 is 6.03 Å². The molecule has 1 spiro atoms. The van der Waals surface area contributed by atoms with Gasteiger partial charge in [0.1, 0.15) is 17.9 Å². The number of benzene rings is 1. The lowest BCUT2D eigenvalue weighted by atomic mass is 9.98. The number of nitrogens with one attached hydrogen (secondary N) is 2. The smallest absolute Gasteiger partial charge is 0.325 e. The third-order valence-electron chi connectivity index (χ3n) is 5.35. The second-order valence-corrected chi connectivity index (χ2v) is 8.19. The Kier molecular flexibility index (Phi) is 4.38. The minimum Gasteiger partial charge on any atom is -0.348 e. The zero-order chi connectivity index (χ0) is 18.3. The molecule has 1 unspecified atom stereocenters. The molecule has 1 saturated carbocycles. The first kappa shape index (κ1) is 17.3. The van der Waals surface area contributed by atoms with Gasteiger partial charge in [0.2, 0.25) is 5.91 Å². The van der Waals surface area contributed by atoms with Crippen molar-refractivity contribution in [1.29, 1.82) is 0 Å². The van der Waals surface area contributed by atoms with Crippen LogP contribution in [0.1, 0.15) is 43.7 Å². The zero-order valence-corrected chi connectivity index (χ0v) is 15.0. The van der Waals surface area contributed by atoms with E-state index in [9.17, 15) is 18.8 Å². The number of urea groups is 1. The van der Waals surface area contributed by atoms with Crippen LogP contribution in [0.2, 0.25) is 0 Å². The summed E-state index contributed by atoms with van der Waals surface area (Å²) in [5.74, 6) is -0.241. The van der Waals surface area contributed by atoms with E-state index in [2.05, 4.69) is 10.6 Å². The van der Waals surface area contributed by atoms with E-state index < -0.39 is 17.5 Å². The number of nitrogens with zero attached hydrogens (tertiary/aromatic N) is 1. The van der Waals surface area contributed by atoms with Crippen LogP contribution >= 0.6 is 11.8 Å². The van der Waals surface area contributed by atoms with E-state index in [1.807, 2.05) is 0 Å². The standard InChI is InChI=1S/C18H20FN3O3S/c19-11-3-4-14-12(9-11)13(5-8-26-14)20-15(23)10-22-16(24)18(21-17(22)25)6-1-2-7-18/h3-4,9,13H,1-2,5-8,10H2,(H,20,23)(H,21,25). The number of carbonyl (C=O) groups is 3. The molecule has 26 heavy (non-hydrogen) atoms. The SMILES string of the molecule is O=C(CN1C(=O)NC2(CCCC2)C1=O)NC1CCSc2ccc(F)cc21. The summed E-state index contributed by atoms with van der Waals surface area (Å²) < 4.78 is 13.6. The highest BCUT2D eigenvalue weighted by Gasteiger charge is 2.52. The van der Waals surface area contributed by atoms with Gasteiger partial charge in [0, 0.05) is 10.6 Å². The summed E-state index contributed by atoms with van der Waals surface area (Å²) in [7, 11) is 0. The molecular formula is C18H20FN3O3S. The van der Waals surface area contributed by atoms with Gasteiger partial charge < -0.3 is 10.6 Å². The van der Waals surface area contributed by atoms with Gasteiger partial charge in [-0.3, -0.25) is 14.5 Å². The molecule has 2 fully saturated rings. The molecule has 138 valence electrons. The number of fused-ring (bicyclic) bond motifs is 1. The number of amides is 4. The predicted molar refractivity (Wildman–Crippen MR) is 94.1 cm³/mol. The fourth-order valence-corrected chi connectivity index (χ4v) is 5.14. The summed E-state index contributed by atoms with van der Waals surface area (Å²) in [6.45, 7) is -0.305. The lowest BCUT2D eigenvalue weighted by Gasteiger charge is -2.26. The Morgan fingerprint density at radius 3 is 2.88 bits per heavy atom. The van der Waals surface area contributed by atoms with Crippen molar-refractivity contribution in [2.45, 2.75) is 48.6 Å². The number of imide groups is 1. The number of thioether (sulfide) groups is 1. The highest BCUT2D eigenvalue weighted by molar-refractivity contribution is 7.99. The minimum absolute atomic E-state index is 0.305. The molecule has 1 saturated heterocycles. The van der Waals surface area contributed by atoms with Gasteiger partial charge in [0.15, 0.2) is 0 Å². The molecule has 0 bridgehead atoms. The van der Waals surface area contributed by atoms with Gasteiger partial charge in [-0.25, -0.2) is 9.18 Å². The number of hydrogen-bond donors (Lipinski definition) is 2. The first-order valence-corrected chi connectivity index (χ1v) is 9.83. The van der Waals surface area contributed by atoms with Gasteiger partial charge in [-0.15, -0.1) is 11.8 Å². The topological polar surface area (TPSA) is 78.5 Å². The van der Waals surface area contributed by atoms with Crippen LogP contribution < -0.4 is 10.6 Å². The molecule has 2 aliphatic heterocycles. The lowest BCUT2D eigenvalue weighted by molar-refractivity contribution is -0.135. The predicted octanol–water partition coefficient (Wildman–Crippen LogP) is 2.34. The number of halogens is 1. The van der Waals surface area contributed by atoms with Crippen LogP contribution in [-0.2, 0) is 9.59 Å². The Morgan fingerprint density at radius 1 is 1.35 bits per heavy atom. The first-order chi connectivity index (χ1) is 12.5. The quantitative estimate of drug-likeness (QED) is 0.793. The third-order valence-corrected chi connectivity index (χ3v) is 6.47. The monoisotopic (exact) mass is 377 g/mol. The zero-order valence-electron chi connectivity index (χ0n) is 14.2. The first-order valence-electron chi connectivity index (χ1n) is 8.84. The Bertz CT molecular complexity index is 779. The van der Waals surface area contributed by atoms with Crippen molar-refractivity contribution in [3.8, 4) is 0 Å². The Hall–Kier alpha value is -2.09. The summed E-state index contributed by atoms with van der Waals surface area (Å²) in [5.41, 5.74) is -0.0618. The maximum absolute atomic E-state index is 13.6. The number of hydrogen-bond acceptors (Lipinski definition) is 4. The van der Waals surface area contributed by atoms with E-state index in [1.54, 1.807) is 17.8 Å². The van der Waals surface area contributed by atoms with E-state index in [0.717, 1.165) is 34.0 Å². The van der Waals surface area contributed by atoms with E-state index in [1.165, 1.54) is 12.1 Å². The molecule has 2 heterocycles. The van der Waals surface area contributed by atoms with Crippen molar-refractivity contribution < 1.29 is 18.8 Å². The molecule has 1 aromatic carbocycles. The second kappa shape index (κ2) is 6.57. The summed E-state index contributed by atoms with van der Waals surface area (Å²) in [6.07, 6.45) is 3.73. The Balaban J connectivity index is 1.45. The molecule has 0 aromatic heterocycles. The number of rotatable bonds is 3. The van der Waals surface area contributed by atoms with Crippen molar-refractivity contribution >= 4 is 29.6 Å². The molecule has 4 amide bonds. The Labute approximate surface area is 154 Å². The maximum atomic E-state index is 13.6. The van der Waals surface area contributed by atoms with Crippen LogP contribution in [0.3, 0.4) is 0 Å². The van der Waals surface area contributed by atoms with Crippen molar-refractivity contribution in [2.75, 3.05) is 12.3 Å². The van der Waals surface area contributed by atoms with Crippen molar-refractivity contribution in [3.05, 3.63) is 29.6 Å². The summed E-state index contributed by atoms with van der Waals surface area (Å²) in [4.78, 5) is 39.2.